The molecule has 18 heavy (non-hydrogen) atoms. The third-order valence-electron chi connectivity index (χ3n) is 2.64. The van der Waals surface area contributed by atoms with Crippen LogP contribution in [-0.2, 0) is 12.8 Å². The zero-order valence-electron chi connectivity index (χ0n) is 10.0. The van der Waals surface area contributed by atoms with Gasteiger partial charge in [0.2, 0.25) is 0 Å². The van der Waals surface area contributed by atoms with Crippen molar-refractivity contribution in [3.63, 3.8) is 0 Å². The summed E-state index contributed by atoms with van der Waals surface area (Å²) in [5.41, 5.74) is 1.77. The van der Waals surface area contributed by atoms with Gasteiger partial charge in [0.05, 0.1) is 21.7 Å². The molecule has 0 saturated heterocycles. The zero-order valence-corrected chi connectivity index (χ0v) is 11.6. The van der Waals surface area contributed by atoms with Crippen molar-refractivity contribution in [1.29, 1.82) is 0 Å². The Morgan fingerprint density at radius 2 is 2.33 bits per heavy atom. The fourth-order valence-corrected chi connectivity index (χ4v) is 2.63. The van der Waals surface area contributed by atoms with Gasteiger partial charge in [-0.15, -0.1) is 5.10 Å². The Hall–Kier alpha value is -1.04. The van der Waals surface area contributed by atoms with E-state index in [2.05, 4.69) is 21.5 Å². The predicted molar refractivity (Wildman–Crippen MR) is 71.8 cm³/mol. The standard InChI is InChI=1S/C12H14ClN3OS/c1-2-3-10-12(18-16-15-10)11(17)6-8-4-5-14-7-9(8)13/h4-5,7,11,17H,2-3,6H2,1H3. The van der Waals surface area contributed by atoms with E-state index in [1.165, 1.54) is 11.5 Å². The number of aryl methyl sites for hydroxylation is 1. The average Bonchev–Trinajstić information content (AvgIpc) is 2.81. The molecule has 1 atom stereocenters. The van der Waals surface area contributed by atoms with E-state index in [-0.39, 0.29) is 0 Å². The number of nitrogens with zero attached hydrogens (tertiary/aromatic N) is 3. The quantitative estimate of drug-likeness (QED) is 0.917. The normalized spacial score (nSPS) is 12.6. The van der Waals surface area contributed by atoms with Gasteiger partial charge in [0, 0.05) is 18.8 Å². The van der Waals surface area contributed by atoms with Crippen LogP contribution < -0.4 is 0 Å². The molecule has 6 heteroatoms. The van der Waals surface area contributed by atoms with E-state index < -0.39 is 6.10 Å². The first-order valence-corrected chi connectivity index (χ1v) is 6.95. The van der Waals surface area contributed by atoms with Crippen molar-refractivity contribution in [2.45, 2.75) is 32.3 Å². The van der Waals surface area contributed by atoms with E-state index in [9.17, 15) is 5.11 Å². The molecule has 1 unspecified atom stereocenters. The van der Waals surface area contributed by atoms with Gasteiger partial charge in [-0.1, -0.05) is 29.4 Å². The fraction of sp³-hybridized carbons (Fsp3) is 0.417. The molecule has 4 nitrogen and oxygen atoms in total. The molecule has 96 valence electrons. The summed E-state index contributed by atoms with van der Waals surface area (Å²) >= 11 is 7.28. The number of hydrogen-bond donors (Lipinski definition) is 1. The molecular weight excluding hydrogens is 270 g/mol. The second-order valence-electron chi connectivity index (χ2n) is 4.02. The van der Waals surface area contributed by atoms with Crippen LogP contribution in [0.25, 0.3) is 0 Å². The van der Waals surface area contributed by atoms with Crippen LogP contribution in [0.1, 0.15) is 35.6 Å². The van der Waals surface area contributed by atoms with Crippen molar-refractivity contribution in [2.75, 3.05) is 0 Å². The van der Waals surface area contributed by atoms with Crippen LogP contribution in [0.2, 0.25) is 5.02 Å². The van der Waals surface area contributed by atoms with Crippen LogP contribution in [0.3, 0.4) is 0 Å². The van der Waals surface area contributed by atoms with Crippen molar-refractivity contribution in [2.24, 2.45) is 0 Å². The minimum Gasteiger partial charge on any atom is -0.387 e. The lowest BCUT2D eigenvalue weighted by atomic mass is 10.1. The maximum absolute atomic E-state index is 10.2. The molecule has 2 aromatic rings. The van der Waals surface area contributed by atoms with Crippen molar-refractivity contribution < 1.29 is 5.11 Å². The molecule has 1 N–H and O–H groups in total. The summed E-state index contributed by atoms with van der Waals surface area (Å²) < 4.78 is 3.91. The lowest BCUT2D eigenvalue weighted by Crippen LogP contribution is -2.04. The highest BCUT2D eigenvalue weighted by Crippen LogP contribution is 2.27. The first-order chi connectivity index (χ1) is 8.72. The molecule has 0 fully saturated rings. The monoisotopic (exact) mass is 283 g/mol. The molecule has 0 aromatic carbocycles. The first kappa shape index (κ1) is 13.4. The third kappa shape index (κ3) is 3.04. The topological polar surface area (TPSA) is 58.9 Å². The summed E-state index contributed by atoms with van der Waals surface area (Å²) in [6, 6.07) is 1.82. The van der Waals surface area contributed by atoms with Gasteiger partial charge in [-0.3, -0.25) is 4.98 Å². The van der Waals surface area contributed by atoms with Crippen molar-refractivity contribution in [3.8, 4) is 0 Å². The molecule has 0 aliphatic heterocycles. The Morgan fingerprint density at radius 1 is 1.50 bits per heavy atom. The lowest BCUT2D eigenvalue weighted by molar-refractivity contribution is 0.181. The minimum absolute atomic E-state index is 0.460. The molecular formula is C12H14ClN3OS. The molecule has 0 aliphatic rings. The van der Waals surface area contributed by atoms with Crippen molar-refractivity contribution in [3.05, 3.63) is 39.6 Å². The van der Waals surface area contributed by atoms with Crippen LogP contribution in [0, 0.1) is 0 Å². The molecule has 2 aromatic heterocycles. The molecule has 0 aliphatic carbocycles. The average molecular weight is 284 g/mol. The Balaban J connectivity index is 2.14. The summed E-state index contributed by atoms with van der Waals surface area (Å²) in [5, 5.41) is 14.9. The van der Waals surface area contributed by atoms with Crippen LogP contribution in [0.4, 0.5) is 0 Å². The highest BCUT2D eigenvalue weighted by molar-refractivity contribution is 7.05. The van der Waals surface area contributed by atoms with Crippen LogP contribution in [0.15, 0.2) is 18.5 Å². The number of aromatic nitrogens is 3. The number of rotatable bonds is 5. The van der Waals surface area contributed by atoms with E-state index in [1.54, 1.807) is 12.4 Å². The predicted octanol–water partition coefficient (Wildman–Crippen LogP) is 2.82. The minimum atomic E-state index is -0.605. The maximum Gasteiger partial charge on any atom is 0.0957 e. The molecule has 0 spiro atoms. The maximum atomic E-state index is 10.2. The van der Waals surface area contributed by atoms with Crippen molar-refractivity contribution >= 4 is 23.1 Å². The lowest BCUT2D eigenvalue weighted by Gasteiger charge is -2.10. The van der Waals surface area contributed by atoms with E-state index in [1.807, 2.05) is 6.07 Å². The molecule has 0 amide bonds. The molecule has 0 bridgehead atoms. The van der Waals surface area contributed by atoms with Gasteiger partial charge in [-0.2, -0.15) is 0 Å². The molecule has 2 heterocycles. The highest BCUT2D eigenvalue weighted by atomic mass is 35.5. The van der Waals surface area contributed by atoms with Gasteiger partial charge in [0.25, 0.3) is 0 Å². The number of aliphatic hydroxyl groups is 1. The summed E-state index contributed by atoms with van der Waals surface area (Å²) in [7, 11) is 0. The van der Waals surface area contributed by atoms with Gasteiger partial charge in [0.1, 0.15) is 0 Å². The van der Waals surface area contributed by atoms with E-state index >= 15 is 0 Å². The van der Waals surface area contributed by atoms with E-state index in [4.69, 9.17) is 11.6 Å². The van der Waals surface area contributed by atoms with Gasteiger partial charge in [0.15, 0.2) is 0 Å². The fourth-order valence-electron chi connectivity index (χ4n) is 1.75. The molecule has 0 saturated carbocycles. The zero-order chi connectivity index (χ0) is 13.0. The largest absolute Gasteiger partial charge is 0.387 e. The Kier molecular flexibility index (Phi) is 4.63. The van der Waals surface area contributed by atoms with Crippen molar-refractivity contribution in [1.82, 2.24) is 14.6 Å². The SMILES string of the molecule is CCCc1nnsc1C(O)Cc1ccncc1Cl. The summed E-state index contributed by atoms with van der Waals surface area (Å²) in [4.78, 5) is 4.76. The number of aliphatic hydroxyl groups excluding tert-OH is 1. The van der Waals surface area contributed by atoms with Gasteiger partial charge in [-0.05, 0) is 29.6 Å². The Morgan fingerprint density at radius 3 is 3.06 bits per heavy atom. The smallest absolute Gasteiger partial charge is 0.0957 e. The number of halogens is 1. The van der Waals surface area contributed by atoms with Gasteiger partial charge in [-0.25, -0.2) is 0 Å². The summed E-state index contributed by atoms with van der Waals surface area (Å²) in [6.45, 7) is 2.08. The summed E-state index contributed by atoms with van der Waals surface area (Å²) in [5.74, 6) is 0. The Labute approximate surface area is 115 Å². The molecule has 0 radical (unpaired) electrons. The number of pyridine rings is 1. The van der Waals surface area contributed by atoms with Crippen LogP contribution >= 0.6 is 23.1 Å². The second-order valence-corrected chi connectivity index (χ2v) is 5.21. The first-order valence-electron chi connectivity index (χ1n) is 5.80. The van der Waals surface area contributed by atoms with Gasteiger partial charge < -0.3 is 5.11 Å². The van der Waals surface area contributed by atoms with E-state index in [0.717, 1.165) is 29.0 Å². The van der Waals surface area contributed by atoms with Crippen LogP contribution in [0.5, 0.6) is 0 Å². The van der Waals surface area contributed by atoms with E-state index in [0.29, 0.717) is 11.4 Å². The number of hydrogen-bond acceptors (Lipinski definition) is 5. The Bertz CT molecular complexity index is 518. The van der Waals surface area contributed by atoms with Gasteiger partial charge >= 0.3 is 0 Å². The van der Waals surface area contributed by atoms with Crippen LogP contribution in [-0.4, -0.2) is 19.7 Å². The molecule has 2 rings (SSSR count). The second kappa shape index (κ2) is 6.22. The third-order valence-corrected chi connectivity index (χ3v) is 3.85. The summed E-state index contributed by atoms with van der Waals surface area (Å²) in [6.07, 6.45) is 4.94. The highest BCUT2D eigenvalue weighted by Gasteiger charge is 2.17.